The fourth-order valence-electron chi connectivity index (χ4n) is 4.48. The van der Waals surface area contributed by atoms with Crippen LogP contribution in [0.2, 0.25) is 5.15 Å². The van der Waals surface area contributed by atoms with Crippen LogP contribution in [0.15, 0.2) is 77.7 Å². The Labute approximate surface area is 220 Å². The Balaban J connectivity index is 1.42. The number of aromatic nitrogens is 7. The highest BCUT2D eigenvalue weighted by atomic mass is 35.5. The van der Waals surface area contributed by atoms with Crippen LogP contribution < -0.4 is 5.69 Å². The molecule has 0 unspecified atom stereocenters. The number of rotatable bonds is 10. The number of aryl methyl sites for hydroxylation is 1. The molecule has 0 saturated carbocycles. The van der Waals surface area contributed by atoms with Crippen molar-refractivity contribution in [3.63, 3.8) is 0 Å². The van der Waals surface area contributed by atoms with Gasteiger partial charge in [0.1, 0.15) is 5.15 Å². The molecule has 188 valence electrons. The Morgan fingerprint density at radius 2 is 1.70 bits per heavy atom. The molecule has 8 nitrogen and oxygen atoms in total. The average Bonchev–Trinajstić information content (AvgIpc) is 3.55. The lowest BCUT2D eigenvalue weighted by Crippen LogP contribution is -2.26. The molecule has 0 aliphatic rings. The Hall–Kier alpha value is -4.04. The molecule has 0 amide bonds. The Morgan fingerprint density at radius 3 is 2.41 bits per heavy atom. The third-order valence-electron chi connectivity index (χ3n) is 6.47. The number of H-pyrrole nitrogens is 1. The second-order valence-electron chi connectivity index (χ2n) is 8.92. The molecule has 5 aromatic rings. The number of imidazole rings is 1. The van der Waals surface area contributed by atoms with Crippen molar-refractivity contribution in [2.45, 2.75) is 45.7 Å². The van der Waals surface area contributed by atoms with Gasteiger partial charge in [0.2, 0.25) is 5.82 Å². The van der Waals surface area contributed by atoms with E-state index in [2.05, 4.69) is 39.7 Å². The maximum atomic E-state index is 13.5. The number of benzene rings is 2. The molecular formula is C28H28ClN7O. The molecule has 3 heterocycles. The number of unbranched alkanes of at least 4 members (excludes halogenated alkanes) is 1. The van der Waals surface area contributed by atoms with Gasteiger partial charge in [-0.15, -0.1) is 10.2 Å². The van der Waals surface area contributed by atoms with Crippen molar-refractivity contribution >= 4 is 11.6 Å². The van der Waals surface area contributed by atoms with E-state index in [-0.39, 0.29) is 5.69 Å². The van der Waals surface area contributed by atoms with Crippen molar-refractivity contribution in [2.75, 3.05) is 0 Å². The van der Waals surface area contributed by atoms with E-state index in [4.69, 9.17) is 16.6 Å². The minimum atomic E-state index is -0.0969. The number of aromatic amines is 1. The number of nitrogens with one attached hydrogen (secondary N) is 1. The van der Waals surface area contributed by atoms with Crippen LogP contribution in [0.25, 0.3) is 22.5 Å². The van der Waals surface area contributed by atoms with Gasteiger partial charge in [0.25, 0.3) is 0 Å². The standard InChI is InChI=1S/C28H28ClN7O/c1-2-3-13-25-26(29)35(17-16-20-9-5-4-6-10-20)28(37)36(25)19-22-15-14-21(18-30-22)23-11-7-8-12-24(23)27-31-33-34-32-27/h4-12,14-15,18H,2-3,13,16-17,19H2,1H3,(H,31,32,33,34). The first kappa shape index (κ1) is 24.6. The monoisotopic (exact) mass is 513 g/mol. The third kappa shape index (κ3) is 5.39. The largest absolute Gasteiger partial charge is 0.329 e. The van der Waals surface area contributed by atoms with Crippen molar-refractivity contribution in [1.29, 1.82) is 0 Å². The van der Waals surface area contributed by atoms with Gasteiger partial charge in [-0.3, -0.25) is 14.1 Å². The van der Waals surface area contributed by atoms with E-state index < -0.39 is 0 Å². The second-order valence-corrected chi connectivity index (χ2v) is 9.27. The number of tetrazole rings is 1. The summed E-state index contributed by atoms with van der Waals surface area (Å²) in [5, 5.41) is 14.9. The highest BCUT2D eigenvalue weighted by Gasteiger charge is 2.19. The van der Waals surface area contributed by atoms with E-state index in [0.717, 1.165) is 53.8 Å². The lowest BCUT2D eigenvalue weighted by atomic mass is 10.0. The van der Waals surface area contributed by atoms with E-state index in [0.29, 0.717) is 24.1 Å². The maximum absolute atomic E-state index is 13.5. The maximum Gasteiger partial charge on any atom is 0.329 e. The molecule has 0 spiro atoms. The molecule has 0 fully saturated rings. The van der Waals surface area contributed by atoms with Gasteiger partial charge in [-0.2, -0.15) is 5.21 Å². The SMILES string of the molecule is CCCCc1c(Cl)n(CCc2ccccc2)c(=O)n1Cc1ccc(-c2ccccc2-c2nn[nH]n2)cn1. The summed E-state index contributed by atoms with van der Waals surface area (Å²) in [4.78, 5) is 18.1. The van der Waals surface area contributed by atoms with Crippen LogP contribution in [0.5, 0.6) is 0 Å². The molecular weight excluding hydrogens is 486 g/mol. The van der Waals surface area contributed by atoms with Gasteiger partial charge in [0.15, 0.2) is 0 Å². The van der Waals surface area contributed by atoms with Gasteiger partial charge in [-0.1, -0.05) is 85.6 Å². The van der Waals surface area contributed by atoms with Crippen molar-refractivity contribution in [1.82, 2.24) is 34.7 Å². The normalized spacial score (nSPS) is 11.2. The van der Waals surface area contributed by atoms with Crippen LogP contribution in [0.3, 0.4) is 0 Å². The first-order valence-electron chi connectivity index (χ1n) is 12.5. The topological polar surface area (TPSA) is 94.3 Å². The number of hydrogen-bond acceptors (Lipinski definition) is 5. The molecule has 3 aromatic heterocycles. The number of pyridine rings is 1. The third-order valence-corrected chi connectivity index (χ3v) is 6.89. The van der Waals surface area contributed by atoms with Crippen LogP contribution >= 0.6 is 11.6 Å². The van der Waals surface area contributed by atoms with E-state index in [1.807, 2.05) is 60.8 Å². The summed E-state index contributed by atoms with van der Waals surface area (Å²) < 4.78 is 3.47. The van der Waals surface area contributed by atoms with Crippen molar-refractivity contribution in [3.8, 4) is 22.5 Å². The minimum absolute atomic E-state index is 0.0969. The summed E-state index contributed by atoms with van der Waals surface area (Å²) in [6.07, 6.45) is 5.29. The van der Waals surface area contributed by atoms with E-state index in [1.165, 1.54) is 5.56 Å². The first-order chi connectivity index (χ1) is 18.2. The lowest BCUT2D eigenvalue weighted by molar-refractivity contribution is 0.621. The van der Waals surface area contributed by atoms with Crippen LogP contribution in [0, 0.1) is 0 Å². The van der Waals surface area contributed by atoms with Gasteiger partial charge in [0, 0.05) is 23.9 Å². The molecule has 0 radical (unpaired) electrons. The predicted octanol–water partition coefficient (Wildman–Crippen LogP) is 5.18. The van der Waals surface area contributed by atoms with Gasteiger partial charge in [-0.25, -0.2) is 4.79 Å². The molecule has 0 aliphatic heterocycles. The Kier molecular flexibility index (Phi) is 7.56. The highest BCUT2D eigenvalue weighted by Crippen LogP contribution is 2.29. The Morgan fingerprint density at radius 1 is 0.919 bits per heavy atom. The number of nitrogens with zero attached hydrogens (tertiary/aromatic N) is 6. The summed E-state index contributed by atoms with van der Waals surface area (Å²) in [6.45, 7) is 3.03. The molecule has 1 N–H and O–H groups in total. The molecule has 2 aromatic carbocycles. The number of halogens is 1. The summed E-state index contributed by atoms with van der Waals surface area (Å²) in [6, 6.07) is 22.0. The summed E-state index contributed by atoms with van der Waals surface area (Å²) >= 11 is 6.78. The zero-order valence-corrected chi connectivity index (χ0v) is 21.4. The molecule has 0 aliphatic carbocycles. The van der Waals surface area contributed by atoms with Crippen LogP contribution in [0.4, 0.5) is 0 Å². The molecule has 0 bridgehead atoms. The molecule has 37 heavy (non-hydrogen) atoms. The van der Waals surface area contributed by atoms with Gasteiger partial charge in [0.05, 0.1) is 17.9 Å². The van der Waals surface area contributed by atoms with Crippen molar-refractivity contribution < 1.29 is 0 Å². The van der Waals surface area contributed by atoms with E-state index in [1.54, 1.807) is 9.13 Å². The Bertz CT molecular complexity index is 1510. The van der Waals surface area contributed by atoms with E-state index >= 15 is 0 Å². The molecule has 5 rings (SSSR count). The predicted molar refractivity (Wildman–Crippen MR) is 144 cm³/mol. The number of hydrogen-bond donors (Lipinski definition) is 1. The van der Waals surface area contributed by atoms with Gasteiger partial charge >= 0.3 is 5.69 Å². The van der Waals surface area contributed by atoms with Crippen molar-refractivity contribution in [3.05, 3.63) is 106 Å². The lowest BCUT2D eigenvalue weighted by Gasteiger charge is -2.09. The van der Waals surface area contributed by atoms with Crippen LogP contribution in [-0.2, 0) is 25.9 Å². The van der Waals surface area contributed by atoms with Gasteiger partial charge < -0.3 is 0 Å². The molecule has 0 atom stereocenters. The molecule has 0 saturated heterocycles. The minimum Gasteiger partial charge on any atom is -0.289 e. The van der Waals surface area contributed by atoms with Crippen LogP contribution in [-0.4, -0.2) is 34.7 Å². The van der Waals surface area contributed by atoms with Crippen LogP contribution in [0.1, 0.15) is 36.7 Å². The van der Waals surface area contributed by atoms with E-state index in [9.17, 15) is 4.79 Å². The first-order valence-corrected chi connectivity index (χ1v) is 12.8. The van der Waals surface area contributed by atoms with Crippen molar-refractivity contribution in [2.24, 2.45) is 0 Å². The fourth-order valence-corrected chi connectivity index (χ4v) is 4.84. The highest BCUT2D eigenvalue weighted by molar-refractivity contribution is 6.30. The molecule has 9 heteroatoms. The smallest absolute Gasteiger partial charge is 0.289 e. The summed E-state index contributed by atoms with van der Waals surface area (Å²) in [7, 11) is 0. The summed E-state index contributed by atoms with van der Waals surface area (Å²) in [5.41, 5.74) is 5.49. The zero-order valence-electron chi connectivity index (χ0n) is 20.6. The average molecular weight is 514 g/mol. The zero-order chi connectivity index (χ0) is 25.6. The quantitative estimate of drug-likeness (QED) is 0.278. The summed E-state index contributed by atoms with van der Waals surface area (Å²) in [5.74, 6) is 0.526. The fraction of sp³-hybridized carbons (Fsp3) is 0.250. The van der Waals surface area contributed by atoms with Gasteiger partial charge in [-0.05, 0) is 41.7 Å². The second kappa shape index (κ2) is 11.3.